The highest BCUT2D eigenvalue weighted by Crippen LogP contribution is 2.23. The number of primary amides is 1. The Balaban J connectivity index is 2.77. The van der Waals surface area contributed by atoms with Gasteiger partial charge < -0.3 is 16.2 Å². The van der Waals surface area contributed by atoms with Gasteiger partial charge in [-0.25, -0.2) is 4.79 Å². The molecule has 0 aliphatic heterocycles. The van der Waals surface area contributed by atoms with Gasteiger partial charge in [0.15, 0.2) is 0 Å². The van der Waals surface area contributed by atoms with Crippen LogP contribution in [0.3, 0.4) is 0 Å². The molecule has 0 saturated carbocycles. The molecule has 0 saturated heterocycles. The van der Waals surface area contributed by atoms with E-state index in [-0.39, 0.29) is 18.4 Å². The lowest BCUT2D eigenvalue weighted by Crippen LogP contribution is -2.41. The first-order valence-corrected chi connectivity index (χ1v) is 6.75. The Kier molecular flexibility index (Phi) is 5.97. The average Bonchev–Trinajstić information content (AvgIpc) is 2.36. The van der Waals surface area contributed by atoms with Crippen LogP contribution in [0.4, 0.5) is 0 Å². The number of nitrogens with two attached hydrogens (primary N) is 1. The van der Waals surface area contributed by atoms with Crippen molar-refractivity contribution >= 4 is 45.3 Å². The van der Waals surface area contributed by atoms with Gasteiger partial charge in [-0.3, -0.25) is 9.59 Å². The number of carboxylic acid groups (broad SMARTS) is 1. The molecular weight excluding hydrogens is 351 g/mol. The topological polar surface area (TPSA) is 109 Å². The van der Waals surface area contributed by atoms with E-state index in [2.05, 4.69) is 21.2 Å². The molecule has 1 atom stereocenters. The van der Waals surface area contributed by atoms with Crippen LogP contribution < -0.4 is 11.1 Å². The minimum atomic E-state index is -1.23. The molecule has 1 aromatic carbocycles. The van der Waals surface area contributed by atoms with Crippen molar-refractivity contribution in [1.29, 1.82) is 0 Å². The summed E-state index contributed by atoms with van der Waals surface area (Å²) in [5.41, 5.74) is 5.18. The first-order chi connectivity index (χ1) is 9.31. The van der Waals surface area contributed by atoms with E-state index >= 15 is 0 Å². The molecule has 1 aromatic rings. The summed E-state index contributed by atoms with van der Waals surface area (Å²) < 4.78 is 0.624. The van der Waals surface area contributed by atoms with Gasteiger partial charge in [0.2, 0.25) is 5.91 Å². The van der Waals surface area contributed by atoms with Gasteiger partial charge in [0, 0.05) is 16.5 Å². The second-order valence-electron chi connectivity index (χ2n) is 4.00. The zero-order valence-corrected chi connectivity index (χ0v) is 12.6. The summed E-state index contributed by atoms with van der Waals surface area (Å²) in [4.78, 5) is 33.6. The minimum Gasteiger partial charge on any atom is -0.480 e. The lowest BCUT2D eigenvalue weighted by atomic mass is 10.1. The van der Waals surface area contributed by atoms with Crippen molar-refractivity contribution in [2.75, 3.05) is 0 Å². The summed E-state index contributed by atoms with van der Waals surface area (Å²) in [6.07, 6.45) is -0.195. The Bertz CT molecular complexity index is 550. The third kappa shape index (κ3) is 4.82. The fraction of sp³-hybridized carbons (Fsp3) is 0.250. The Labute approximate surface area is 128 Å². The Hall–Kier alpha value is -1.60. The first kappa shape index (κ1) is 16.5. The van der Waals surface area contributed by atoms with Gasteiger partial charge in [-0.05, 0) is 40.5 Å². The number of carbonyl (C=O) groups excluding carboxylic acids is 2. The highest BCUT2D eigenvalue weighted by atomic mass is 79.9. The van der Waals surface area contributed by atoms with Crippen molar-refractivity contribution in [3.05, 3.63) is 33.3 Å². The number of aliphatic carboxylic acids is 1. The number of hydrogen-bond acceptors (Lipinski definition) is 3. The van der Waals surface area contributed by atoms with Crippen molar-refractivity contribution in [2.24, 2.45) is 5.73 Å². The number of nitrogens with one attached hydrogen (secondary N) is 1. The van der Waals surface area contributed by atoms with E-state index < -0.39 is 23.8 Å². The molecule has 6 nitrogen and oxygen atoms in total. The predicted molar refractivity (Wildman–Crippen MR) is 76.5 cm³/mol. The van der Waals surface area contributed by atoms with E-state index in [1.54, 1.807) is 6.07 Å². The van der Waals surface area contributed by atoms with Crippen LogP contribution in [0.15, 0.2) is 22.7 Å². The number of benzene rings is 1. The fourth-order valence-electron chi connectivity index (χ4n) is 1.42. The lowest BCUT2D eigenvalue weighted by Gasteiger charge is -2.14. The third-order valence-corrected chi connectivity index (χ3v) is 3.70. The Morgan fingerprint density at radius 2 is 2.05 bits per heavy atom. The molecule has 0 aliphatic rings. The number of hydrogen-bond donors (Lipinski definition) is 3. The van der Waals surface area contributed by atoms with Crippen LogP contribution in [0.1, 0.15) is 23.2 Å². The van der Waals surface area contributed by atoms with Crippen LogP contribution in [-0.2, 0) is 9.59 Å². The molecule has 0 unspecified atom stereocenters. The van der Waals surface area contributed by atoms with Gasteiger partial charge in [0.1, 0.15) is 6.04 Å². The van der Waals surface area contributed by atoms with Gasteiger partial charge in [-0.2, -0.15) is 0 Å². The third-order valence-electron chi connectivity index (χ3n) is 2.46. The predicted octanol–water partition coefficient (Wildman–Crippen LogP) is 1.55. The molecule has 20 heavy (non-hydrogen) atoms. The van der Waals surface area contributed by atoms with E-state index in [0.29, 0.717) is 9.50 Å². The molecule has 0 fully saturated rings. The van der Waals surface area contributed by atoms with Crippen molar-refractivity contribution in [1.82, 2.24) is 5.32 Å². The largest absolute Gasteiger partial charge is 0.480 e. The second kappa shape index (κ2) is 7.25. The lowest BCUT2D eigenvalue weighted by molar-refractivity contribution is -0.139. The standard InChI is InChI=1S/C12H12BrClN2O4/c13-7-2-1-6(5-8(7)14)11(18)16-9(12(19)20)3-4-10(15)17/h1-2,5,9H,3-4H2,(H2,15,17)(H,16,18)(H,19,20)/t9-/m0/s1. The average molecular weight is 364 g/mol. The molecule has 108 valence electrons. The quantitative estimate of drug-likeness (QED) is 0.712. The van der Waals surface area contributed by atoms with E-state index in [1.165, 1.54) is 12.1 Å². The molecule has 0 bridgehead atoms. The summed E-state index contributed by atoms with van der Waals surface area (Å²) in [6.45, 7) is 0. The maximum Gasteiger partial charge on any atom is 0.326 e. The molecule has 4 N–H and O–H groups in total. The molecular formula is C12H12BrClN2O4. The van der Waals surface area contributed by atoms with Crippen molar-refractivity contribution in [3.8, 4) is 0 Å². The van der Waals surface area contributed by atoms with Gasteiger partial charge in [0.25, 0.3) is 5.91 Å². The maximum atomic E-state index is 11.9. The highest BCUT2D eigenvalue weighted by Gasteiger charge is 2.21. The number of rotatable bonds is 6. The Morgan fingerprint density at radius 1 is 1.40 bits per heavy atom. The maximum absolute atomic E-state index is 11.9. The Morgan fingerprint density at radius 3 is 2.55 bits per heavy atom. The molecule has 8 heteroatoms. The highest BCUT2D eigenvalue weighted by molar-refractivity contribution is 9.10. The normalized spacial score (nSPS) is 11.7. The monoisotopic (exact) mass is 362 g/mol. The van der Waals surface area contributed by atoms with E-state index in [9.17, 15) is 14.4 Å². The van der Waals surface area contributed by atoms with E-state index in [4.69, 9.17) is 22.4 Å². The van der Waals surface area contributed by atoms with Gasteiger partial charge >= 0.3 is 5.97 Å². The zero-order valence-electron chi connectivity index (χ0n) is 10.2. The summed E-state index contributed by atoms with van der Waals surface area (Å²) >= 11 is 9.04. The van der Waals surface area contributed by atoms with Crippen LogP contribution in [0.25, 0.3) is 0 Å². The van der Waals surface area contributed by atoms with Gasteiger partial charge in [0.05, 0.1) is 5.02 Å². The molecule has 2 amide bonds. The second-order valence-corrected chi connectivity index (χ2v) is 5.26. The van der Waals surface area contributed by atoms with Gasteiger partial charge in [-0.1, -0.05) is 11.6 Å². The zero-order chi connectivity index (χ0) is 15.3. The van der Waals surface area contributed by atoms with Crippen molar-refractivity contribution in [3.63, 3.8) is 0 Å². The van der Waals surface area contributed by atoms with Crippen LogP contribution in [0.5, 0.6) is 0 Å². The van der Waals surface area contributed by atoms with E-state index in [0.717, 1.165) is 0 Å². The van der Waals surface area contributed by atoms with Crippen LogP contribution >= 0.6 is 27.5 Å². The number of carboxylic acids is 1. The molecule has 0 heterocycles. The summed E-state index contributed by atoms with van der Waals surface area (Å²) in [5, 5.41) is 11.6. The SMILES string of the molecule is NC(=O)CC[C@H](NC(=O)c1ccc(Br)c(Cl)c1)C(=O)O. The summed E-state index contributed by atoms with van der Waals surface area (Å²) in [5.74, 6) is -2.45. The van der Waals surface area contributed by atoms with Gasteiger partial charge in [-0.15, -0.1) is 0 Å². The van der Waals surface area contributed by atoms with E-state index in [1.807, 2.05) is 0 Å². The number of halogens is 2. The summed E-state index contributed by atoms with van der Waals surface area (Å²) in [6, 6.07) is 3.31. The minimum absolute atomic E-state index is 0.0688. The first-order valence-electron chi connectivity index (χ1n) is 5.58. The van der Waals surface area contributed by atoms with Crippen molar-refractivity contribution < 1.29 is 19.5 Å². The number of carbonyl (C=O) groups is 3. The smallest absolute Gasteiger partial charge is 0.326 e. The fourth-order valence-corrected chi connectivity index (χ4v) is 1.85. The number of amides is 2. The summed E-state index contributed by atoms with van der Waals surface area (Å²) in [7, 11) is 0. The molecule has 0 aliphatic carbocycles. The molecule has 0 spiro atoms. The van der Waals surface area contributed by atoms with Crippen LogP contribution in [0, 0.1) is 0 Å². The van der Waals surface area contributed by atoms with Crippen LogP contribution in [-0.4, -0.2) is 28.9 Å². The molecule has 0 radical (unpaired) electrons. The molecule has 0 aromatic heterocycles. The van der Waals surface area contributed by atoms with Crippen molar-refractivity contribution in [2.45, 2.75) is 18.9 Å². The van der Waals surface area contributed by atoms with Crippen LogP contribution in [0.2, 0.25) is 5.02 Å². The molecule has 1 rings (SSSR count).